The maximum absolute atomic E-state index is 9.34. The molecule has 3 aromatic rings. The molecule has 22 heavy (non-hydrogen) atoms. The van der Waals surface area contributed by atoms with Crippen molar-refractivity contribution in [2.75, 3.05) is 0 Å². The second-order valence-corrected chi connectivity index (χ2v) is 6.00. The first-order valence-corrected chi connectivity index (χ1v) is 7.86. The van der Waals surface area contributed by atoms with E-state index in [0.717, 1.165) is 20.8 Å². The van der Waals surface area contributed by atoms with Gasteiger partial charge in [-0.1, -0.05) is 54.1 Å². The highest BCUT2D eigenvalue weighted by Crippen LogP contribution is 2.26. The molecule has 0 N–H and O–H groups in total. The minimum atomic E-state index is 0.546. The molecule has 106 valence electrons. The Morgan fingerprint density at radius 1 is 1.14 bits per heavy atom. The summed E-state index contributed by atoms with van der Waals surface area (Å²) in [6.45, 7) is 0. The van der Waals surface area contributed by atoms with Crippen molar-refractivity contribution in [1.29, 1.82) is 5.26 Å². The van der Waals surface area contributed by atoms with Crippen LogP contribution in [0.15, 0.2) is 60.7 Å². The number of halogens is 1. The van der Waals surface area contributed by atoms with Crippen molar-refractivity contribution in [1.82, 2.24) is 4.98 Å². The molecular weight excluding hydrogens is 312 g/mol. The van der Waals surface area contributed by atoms with Gasteiger partial charge in [-0.3, -0.25) is 0 Å². The van der Waals surface area contributed by atoms with Crippen LogP contribution >= 0.6 is 22.9 Å². The number of fused-ring (bicyclic) bond motifs is 1. The van der Waals surface area contributed by atoms with Gasteiger partial charge in [0.05, 0.1) is 15.8 Å². The summed E-state index contributed by atoms with van der Waals surface area (Å²) < 4.78 is 1.08. The van der Waals surface area contributed by atoms with Gasteiger partial charge in [-0.15, -0.1) is 11.3 Å². The van der Waals surface area contributed by atoms with E-state index in [4.69, 9.17) is 11.6 Å². The number of aromatic nitrogens is 1. The van der Waals surface area contributed by atoms with E-state index in [2.05, 4.69) is 11.1 Å². The van der Waals surface area contributed by atoms with Gasteiger partial charge in [0.1, 0.15) is 11.1 Å². The predicted molar refractivity (Wildman–Crippen MR) is 93.7 cm³/mol. The Labute approximate surface area is 137 Å². The Bertz CT molecular complexity index is 883. The van der Waals surface area contributed by atoms with Crippen LogP contribution in [0.3, 0.4) is 0 Å². The highest BCUT2D eigenvalue weighted by atomic mass is 35.5. The van der Waals surface area contributed by atoms with E-state index in [1.807, 2.05) is 60.7 Å². The fourth-order valence-corrected chi connectivity index (χ4v) is 3.14. The van der Waals surface area contributed by atoms with Crippen LogP contribution in [0.1, 0.15) is 10.6 Å². The second kappa shape index (κ2) is 6.57. The van der Waals surface area contributed by atoms with Gasteiger partial charge in [0.2, 0.25) is 0 Å². The molecule has 0 aliphatic carbocycles. The molecular formula is C18H11ClN2S. The average molecular weight is 323 g/mol. The zero-order valence-electron chi connectivity index (χ0n) is 11.5. The molecule has 0 saturated carbocycles. The molecule has 0 amide bonds. The molecule has 0 bridgehead atoms. The maximum Gasteiger partial charge on any atom is 0.135 e. The van der Waals surface area contributed by atoms with Gasteiger partial charge in [0.15, 0.2) is 0 Å². The van der Waals surface area contributed by atoms with Crippen LogP contribution in [-0.4, -0.2) is 4.98 Å². The van der Waals surface area contributed by atoms with Crippen LogP contribution in [0.4, 0.5) is 0 Å². The predicted octanol–water partition coefficient (Wildman–Crippen LogP) is 5.57. The molecule has 1 heterocycles. The monoisotopic (exact) mass is 322 g/mol. The van der Waals surface area contributed by atoms with Crippen LogP contribution in [0.25, 0.3) is 21.9 Å². The van der Waals surface area contributed by atoms with Crippen molar-refractivity contribution in [3.63, 3.8) is 0 Å². The average Bonchev–Trinajstić information content (AvgIpc) is 2.97. The number of thiazole rings is 1. The number of rotatable bonds is 3. The summed E-state index contributed by atoms with van der Waals surface area (Å²) in [6.07, 6.45) is 5.47. The molecule has 0 radical (unpaired) electrons. The number of para-hydroxylation sites is 1. The first-order valence-electron chi connectivity index (χ1n) is 6.67. The number of hydrogen-bond acceptors (Lipinski definition) is 3. The smallest absolute Gasteiger partial charge is 0.135 e. The second-order valence-electron chi connectivity index (χ2n) is 4.56. The minimum absolute atomic E-state index is 0.546. The molecule has 2 nitrogen and oxygen atoms in total. The largest absolute Gasteiger partial charge is 0.235 e. The standard InChI is InChI=1S/C18H11ClN2S/c19-15-9-2-1-6-13(15)7-5-8-14(12-20)18-21-16-10-3-4-11-17(16)22-18/h1-11H. The fraction of sp³-hybridized carbons (Fsp3) is 0. The molecule has 0 atom stereocenters. The number of hydrogen-bond donors (Lipinski definition) is 0. The first-order chi connectivity index (χ1) is 10.8. The molecule has 0 unspecified atom stereocenters. The van der Waals surface area contributed by atoms with Gasteiger partial charge in [0.25, 0.3) is 0 Å². The topological polar surface area (TPSA) is 36.7 Å². The van der Waals surface area contributed by atoms with Crippen molar-refractivity contribution in [3.8, 4) is 6.07 Å². The molecule has 4 heteroatoms. The molecule has 1 aromatic heterocycles. The third kappa shape index (κ3) is 3.09. The van der Waals surface area contributed by atoms with Crippen LogP contribution < -0.4 is 0 Å². The molecule has 0 aliphatic heterocycles. The quantitative estimate of drug-likeness (QED) is 0.467. The van der Waals surface area contributed by atoms with Gasteiger partial charge < -0.3 is 0 Å². The molecule has 3 rings (SSSR count). The van der Waals surface area contributed by atoms with E-state index in [-0.39, 0.29) is 0 Å². The zero-order valence-corrected chi connectivity index (χ0v) is 13.1. The maximum atomic E-state index is 9.34. The lowest BCUT2D eigenvalue weighted by Gasteiger charge is -1.95. The number of benzene rings is 2. The molecule has 0 fully saturated rings. The number of nitriles is 1. The highest BCUT2D eigenvalue weighted by Gasteiger charge is 2.07. The lowest BCUT2D eigenvalue weighted by molar-refractivity contribution is 1.43. The van der Waals surface area contributed by atoms with Crippen LogP contribution in [0.5, 0.6) is 0 Å². The van der Waals surface area contributed by atoms with Gasteiger partial charge >= 0.3 is 0 Å². The molecule has 0 aliphatic rings. The van der Waals surface area contributed by atoms with Crippen LogP contribution in [0, 0.1) is 11.3 Å². The van der Waals surface area contributed by atoms with Crippen LogP contribution in [-0.2, 0) is 0 Å². The van der Waals surface area contributed by atoms with Crippen molar-refractivity contribution < 1.29 is 0 Å². The Morgan fingerprint density at radius 3 is 2.68 bits per heavy atom. The summed E-state index contributed by atoms with van der Waals surface area (Å²) in [5.41, 5.74) is 2.38. The first kappa shape index (κ1) is 14.5. The molecule has 2 aromatic carbocycles. The molecule has 0 saturated heterocycles. The van der Waals surface area contributed by atoms with Gasteiger partial charge in [-0.2, -0.15) is 5.26 Å². The van der Waals surface area contributed by atoms with Gasteiger partial charge in [-0.25, -0.2) is 4.98 Å². The Kier molecular flexibility index (Phi) is 4.34. The fourth-order valence-electron chi connectivity index (χ4n) is 2.00. The Balaban J connectivity index is 1.91. The number of nitrogens with zero attached hydrogens (tertiary/aromatic N) is 2. The van der Waals surface area contributed by atoms with E-state index >= 15 is 0 Å². The van der Waals surface area contributed by atoms with Crippen molar-refractivity contribution >= 4 is 44.8 Å². The SMILES string of the molecule is N#CC(=CC=Cc1ccccc1Cl)c1nc2ccccc2s1. The van der Waals surface area contributed by atoms with E-state index in [1.54, 1.807) is 6.08 Å². The van der Waals surface area contributed by atoms with E-state index < -0.39 is 0 Å². The third-order valence-electron chi connectivity index (χ3n) is 3.09. The van der Waals surface area contributed by atoms with E-state index in [0.29, 0.717) is 10.6 Å². The molecule has 0 spiro atoms. The Morgan fingerprint density at radius 2 is 1.91 bits per heavy atom. The van der Waals surface area contributed by atoms with E-state index in [9.17, 15) is 5.26 Å². The summed E-state index contributed by atoms with van der Waals surface area (Å²) in [5.74, 6) is 0. The van der Waals surface area contributed by atoms with Gasteiger partial charge in [-0.05, 0) is 29.8 Å². The lowest BCUT2D eigenvalue weighted by Crippen LogP contribution is -1.78. The zero-order chi connectivity index (χ0) is 15.4. The summed E-state index contributed by atoms with van der Waals surface area (Å²) >= 11 is 7.61. The van der Waals surface area contributed by atoms with Crippen LogP contribution in [0.2, 0.25) is 5.02 Å². The number of allylic oxidation sites excluding steroid dienone is 3. The lowest BCUT2D eigenvalue weighted by atomic mass is 10.2. The minimum Gasteiger partial charge on any atom is -0.235 e. The van der Waals surface area contributed by atoms with Gasteiger partial charge in [0, 0.05) is 5.02 Å². The summed E-state index contributed by atoms with van der Waals surface area (Å²) in [6, 6.07) is 17.6. The van der Waals surface area contributed by atoms with Crippen molar-refractivity contribution in [2.45, 2.75) is 0 Å². The third-order valence-corrected chi connectivity index (χ3v) is 4.50. The normalized spacial score (nSPS) is 11.9. The summed E-state index contributed by atoms with van der Waals surface area (Å²) in [7, 11) is 0. The Hall–Kier alpha value is -2.41. The summed E-state index contributed by atoms with van der Waals surface area (Å²) in [5, 5.41) is 10.8. The highest BCUT2D eigenvalue weighted by molar-refractivity contribution is 7.19. The van der Waals surface area contributed by atoms with E-state index in [1.165, 1.54) is 11.3 Å². The van der Waals surface area contributed by atoms with Crippen molar-refractivity contribution in [2.24, 2.45) is 0 Å². The summed E-state index contributed by atoms with van der Waals surface area (Å²) in [4.78, 5) is 4.49. The van der Waals surface area contributed by atoms with Crippen molar-refractivity contribution in [3.05, 3.63) is 76.3 Å².